The molecule has 92 heavy (non-hydrogen) atoms. The Morgan fingerprint density at radius 3 is 1.20 bits per heavy atom. The predicted octanol–water partition coefficient (Wildman–Crippen LogP) is 24.5. The number of hydrogen-bond donors (Lipinski definition) is 0. The van der Waals surface area contributed by atoms with Crippen LogP contribution in [0.25, 0.3) is 99.1 Å². The van der Waals surface area contributed by atoms with E-state index >= 15 is 0 Å². The molecular formula is C89H62N2O. The molecule has 15 aromatic carbocycles. The van der Waals surface area contributed by atoms with E-state index in [1.807, 2.05) is 0 Å². The lowest BCUT2D eigenvalue weighted by Crippen LogP contribution is -2.29. The van der Waals surface area contributed by atoms with Crippen molar-refractivity contribution < 1.29 is 4.42 Å². The molecule has 0 saturated heterocycles. The van der Waals surface area contributed by atoms with Crippen LogP contribution >= 0.6 is 0 Å². The summed E-state index contributed by atoms with van der Waals surface area (Å²) in [6.07, 6.45) is 0. The van der Waals surface area contributed by atoms with Crippen LogP contribution in [0.5, 0.6) is 0 Å². The highest BCUT2D eigenvalue weighted by molar-refractivity contribution is 6.20. The molecule has 0 aliphatic heterocycles. The maximum absolute atomic E-state index is 7.56. The number of nitrogens with zero attached hydrogens (tertiary/aromatic N) is 2. The second-order valence-electron chi connectivity index (χ2n) is 24.5. The minimum Gasteiger partial charge on any atom is -0.455 e. The van der Waals surface area contributed by atoms with Gasteiger partial charge < -0.3 is 14.2 Å². The number of anilines is 6. The van der Waals surface area contributed by atoms with Crippen molar-refractivity contribution in [3.8, 4) is 55.6 Å². The van der Waals surface area contributed by atoms with Gasteiger partial charge in [-0.05, 0) is 192 Å². The molecule has 0 unspecified atom stereocenters. The fourth-order valence-corrected chi connectivity index (χ4v) is 14.7. The van der Waals surface area contributed by atoms with Gasteiger partial charge in [-0.2, -0.15) is 0 Å². The minimum atomic E-state index is -0.920. The molecule has 0 atom stereocenters. The topological polar surface area (TPSA) is 19.6 Å². The van der Waals surface area contributed by atoms with Crippen LogP contribution in [-0.2, 0) is 5.41 Å². The normalized spacial score (nSPS) is 12.3. The van der Waals surface area contributed by atoms with Crippen molar-refractivity contribution in [2.45, 2.75) is 19.3 Å². The number of rotatable bonds is 12. The number of aryl methyl sites for hydroxylation is 2. The number of fused-ring (bicyclic) bond motifs is 9. The Hall–Kier alpha value is -11.8. The Kier molecular flexibility index (Phi) is 13.2. The third-order valence-corrected chi connectivity index (χ3v) is 19.1. The lowest BCUT2D eigenvalue weighted by atomic mass is 9.67. The maximum atomic E-state index is 7.56. The Morgan fingerprint density at radius 1 is 0.283 bits per heavy atom. The molecule has 1 heterocycles. The molecule has 3 heteroatoms. The molecule has 434 valence electrons. The average Bonchev–Trinajstić information content (AvgIpc) is 1.51. The summed E-state index contributed by atoms with van der Waals surface area (Å²) in [4.78, 5) is 4.97. The van der Waals surface area contributed by atoms with E-state index in [2.05, 4.69) is 363 Å². The molecule has 0 fully saturated rings. The number of furan rings is 1. The van der Waals surface area contributed by atoms with Crippen LogP contribution < -0.4 is 9.80 Å². The summed E-state index contributed by atoms with van der Waals surface area (Å²) in [5.74, 6) is 0. The van der Waals surface area contributed by atoms with Crippen molar-refractivity contribution >= 4 is 77.6 Å². The first-order valence-corrected chi connectivity index (χ1v) is 31.8. The van der Waals surface area contributed by atoms with Gasteiger partial charge in [-0.3, -0.25) is 0 Å². The summed E-state index contributed by atoms with van der Waals surface area (Å²) in [6.45, 7) is 4.46. The van der Waals surface area contributed by atoms with Gasteiger partial charge in [0.2, 0.25) is 0 Å². The molecule has 0 spiro atoms. The highest BCUT2D eigenvalue weighted by atomic mass is 16.3. The predicted molar refractivity (Wildman–Crippen MR) is 387 cm³/mol. The van der Waals surface area contributed by atoms with E-state index in [-0.39, 0.29) is 0 Å². The zero-order valence-electron chi connectivity index (χ0n) is 51.1. The van der Waals surface area contributed by atoms with E-state index in [9.17, 15) is 0 Å². The van der Waals surface area contributed by atoms with Crippen LogP contribution in [-0.4, -0.2) is 0 Å². The molecular weight excluding hydrogens is 1110 g/mol. The van der Waals surface area contributed by atoms with Crippen LogP contribution in [0, 0.1) is 13.8 Å². The molecule has 1 aliphatic rings. The van der Waals surface area contributed by atoms with Gasteiger partial charge in [-0.25, -0.2) is 0 Å². The van der Waals surface area contributed by atoms with E-state index in [1.165, 1.54) is 55.1 Å². The molecule has 16 aromatic rings. The largest absolute Gasteiger partial charge is 0.455 e. The highest BCUT2D eigenvalue weighted by Gasteiger charge is 2.49. The summed E-state index contributed by atoms with van der Waals surface area (Å²) in [7, 11) is 0. The maximum Gasteiger partial charge on any atom is 0.145 e. The fraction of sp³-hybridized carbons (Fsp3) is 0.0337. The summed E-state index contributed by atoms with van der Waals surface area (Å²) in [6, 6.07) is 125. The Morgan fingerprint density at radius 2 is 0.674 bits per heavy atom. The second-order valence-corrected chi connectivity index (χ2v) is 24.5. The van der Waals surface area contributed by atoms with Crippen molar-refractivity contribution in [3.05, 3.63) is 373 Å². The monoisotopic (exact) mass is 1170 g/mol. The standard InChI is InChI=1S/C89H62N2O/c1-59-21-15-18-32-82(59)90(75-49-43-69-53-67(35-37-71(69)55-75)63-27-11-5-12-28-63)77-51-52-78-80(57-77)89(73-45-39-65(40-46-73)61-23-7-3-8-24-61,74-47-41-66(42-48-74)62-25-9-4-10-26-62)81-58-84(87-79-31-17-20-34-85(79)92-88(87)86(78)81)91(83-33-19-16-22-60(83)2)76-50-44-70-54-68(36-38-72(70)56-76)64-29-13-6-14-30-64/h3-58H,1-2H3. The molecule has 0 bridgehead atoms. The van der Waals surface area contributed by atoms with E-state index in [0.29, 0.717) is 0 Å². The van der Waals surface area contributed by atoms with E-state index < -0.39 is 5.41 Å². The van der Waals surface area contributed by atoms with Crippen molar-refractivity contribution in [2.24, 2.45) is 0 Å². The van der Waals surface area contributed by atoms with Gasteiger partial charge in [0.05, 0.1) is 16.5 Å². The molecule has 0 saturated carbocycles. The summed E-state index contributed by atoms with van der Waals surface area (Å²) >= 11 is 0. The Balaban J connectivity index is 0.963. The highest BCUT2D eigenvalue weighted by Crippen LogP contribution is 2.62. The number of hydrogen-bond acceptors (Lipinski definition) is 3. The molecule has 0 amide bonds. The van der Waals surface area contributed by atoms with Crippen molar-refractivity contribution in [1.29, 1.82) is 0 Å². The van der Waals surface area contributed by atoms with Gasteiger partial charge in [0.25, 0.3) is 0 Å². The van der Waals surface area contributed by atoms with Gasteiger partial charge >= 0.3 is 0 Å². The SMILES string of the molecule is Cc1ccccc1N(c1ccc2c(c1)C(c1ccc(-c3ccccc3)cc1)(c1ccc(-c3ccccc3)cc1)c1cc(N(c3ccc4cc(-c5ccccc5)ccc4c3)c3ccccc3C)c3c(oc4ccccc43)c1-2)c1ccc2cc(-c3ccccc3)ccc2c1. The van der Waals surface area contributed by atoms with Crippen molar-refractivity contribution in [3.63, 3.8) is 0 Å². The lowest BCUT2D eigenvalue weighted by molar-refractivity contribution is 0.669. The zero-order chi connectivity index (χ0) is 61.3. The molecule has 1 aromatic heterocycles. The van der Waals surface area contributed by atoms with Crippen LogP contribution in [0.3, 0.4) is 0 Å². The molecule has 0 radical (unpaired) electrons. The van der Waals surface area contributed by atoms with Gasteiger partial charge in [0, 0.05) is 39.4 Å². The van der Waals surface area contributed by atoms with Gasteiger partial charge in [0.15, 0.2) is 0 Å². The average molecular weight is 1180 g/mol. The van der Waals surface area contributed by atoms with Gasteiger partial charge in [-0.1, -0.05) is 267 Å². The number of benzene rings is 15. The van der Waals surface area contributed by atoms with Crippen LogP contribution in [0.1, 0.15) is 33.4 Å². The Bertz CT molecular complexity index is 5380. The van der Waals surface area contributed by atoms with Crippen LogP contribution in [0.15, 0.2) is 344 Å². The first kappa shape index (κ1) is 54.4. The summed E-state index contributed by atoms with van der Waals surface area (Å²) in [5, 5.41) is 6.80. The van der Waals surface area contributed by atoms with Crippen molar-refractivity contribution in [2.75, 3.05) is 9.80 Å². The zero-order valence-corrected chi connectivity index (χ0v) is 51.1. The first-order chi connectivity index (χ1) is 45.4. The van der Waals surface area contributed by atoms with Crippen molar-refractivity contribution in [1.82, 2.24) is 0 Å². The fourth-order valence-electron chi connectivity index (χ4n) is 14.7. The quantitative estimate of drug-likeness (QED) is 0.122. The third-order valence-electron chi connectivity index (χ3n) is 19.1. The summed E-state index contributed by atoms with van der Waals surface area (Å²) in [5.41, 5.74) is 25.7. The molecule has 1 aliphatic carbocycles. The second kappa shape index (κ2) is 22.4. The minimum absolute atomic E-state index is 0.835. The Labute approximate surface area is 536 Å². The lowest BCUT2D eigenvalue weighted by Gasteiger charge is -2.36. The first-order valence-electron chi connectivity index (χ1n) is 31.8. The van der Waals surface area contributed by atoms with Crippen LogP contribution in [0.2, 0.25) is 0 Å². The van der Waals surface area contributed by atoms with Gasteiger partial charge in [0.1, 0.15) is 11.2 Å². The smallest absolute Gasteiger partial charge is 0.145 e. The van der Waals surface area contributed by atoms with E-state index in [4.69, 9.17) is 4.42 Å². The van der Waals surface area contributed by atoms with Gasteiger partial charge in [-0.15, -0.1) is 0 Å². The molecule has 17 rings (SSSR count). The summed E-state index contributed by atoms with van der Waals surface area (Å²) < 4.78 is 7.56. The van der Waals surface area contributed by atoms with E-state index in [0.717, 1.165) is 112 Å². The third kappa shape index (κ3) is 9.11. The number of para-hydroxylation sites is 3. The molecule has 3 nitrogen and oxygen atoms in total. The molecule has 0 N–H and O–H groups in total. The van der Waals surface area contributed by atoms with Crippen LogP contribution in [0.4, 0.5) is 34.1 Å². The van der Waals surface area contributed by atoms with E-state index in [1.54, 1.807) is 0 Å².